The van der Waals surface area contributed by atoms with Crippen molar-refractivity contribution in [3.05, 3.63) is 66.0 Å². The number of fused-ring (bicyclic) bond motifs is 1. The molecule has 1 aliphatic rings. The summed E-state index contributed by atoms with van der Waals surface area (Å²) in [5, 5.41) is 0. The van der Waals surface area contributed by atoms with Gasteiger partial charge in [0.25, 0.3) is 0 Å². The highest BCUT2D eigenvalue weighted by Crippen LogP contribution is 2.44. The van der Waals surface area contributed by atoms with Gasteiger partial charge in [-0.25, -0.2) is 13.8 Å². The largest absolute Gasteiger partial charge is 0.327 e. The molecule has 0 spiro atoms. The second kappa shape index (κ2) is 7.19. The third-order valence-corrected chi connectivity index (χ3v) is 5.88. The lowest BCUT2D eigenvalue weighted by Gasteiger charge is -2.38. The summed E-state index contributed by atoms with van der Waals surface area (Å²) in [6.45, 7) is 4.62. The van der Waals surface area contributed by atoms with Gasteiger partial charge in [0.05, 0.1) is 17.9 Å². The van der Waals surface area contributed by atoms with Crippen molar-refractivity contribution in [2.75, 3.05) is 6.54 Å². The number of halogens is 2. The van der Waals surface area contributed by atoms with E-state index in [0.29, 0.717) is 18.7 Å². The molecule has 150 valence electrons. The number of rotatable bonds is 4. The first-order valence-electron chi connectivity index (χ1n) is 9.68. The quantitative estimate of drug-likeness (QED) is 0.716. The molecule has 2 N–H and O–H groups in total. The molecule has 0 saturated heterocycles. The molecular weight excluding hydrogens is 372 g/mol. The van der Waals surface area contributed by atoms with E-state index < -0.39 is 5.41 Å². The van der Waals surface area contributed by atoms with Crippen molar-refractivity contribution in [2.24, 2.45) is 11.7 Å². The molecule has 4 rings (SSSR count). The van der Waals surface area contributed by atoms with Crippen molar-refractivity contribution >= 4 is 5.78 Å². The lowest BCUT2D eigenvalue weighted by Crippen LogP contribution is -2.43. The maximum Gasteiger partial charge on any atom is 0.150 e. The van der Waals surface area contributed by atoms with Crippen LogP contribution in [-0.2, 0) is 16.8 Å². The number of carbonyl (C=O) groups excluding carboxylic acids is 1. The fraction of sp³-hybridized carbons (Fsp3) is 0.304. The summed E-state index contributed by atoms with van der Waals surface area (Å²) < 4.78 is 29.1. The predicted molar refractivity (Wildman–Crippen MR) is 108 cm³/mol. The van der Waals surface area contributed by atoms with Crippen LogP contribution in [0.5, 0.6) is 0 Å². The third-order valence-electron chi connectivity index (χ3n) is 5.88. The molecule has 0 aliphatic carbocycles. The number of ketones is 1. The molecule has 1 aromatic heterocycles. The van der Waals surface area contributed by atoms with E-state index in [9.17, 15) is 13.6 Å². The van der Waals surface area contributed by atoms with Crippen LogP contribution in [0, 0.1) is 17.6 Å². The van der Waals surface area contributed by atoms with E-state index in [2.05, 4.69) is 4.57 Å². The van der Waals surface area contributed by atoms with E-state index in [-0.39, 0.29) is 29.9 Å². The molecule has 29 heavy (non-hydrogen) atoms. The highest BCUT2D eigenvalue weighted by Gasteiger charge is 2.43. The normalized spacial score (nSPS) is 17.8. The zero-order valence-corrected chi connectivity index (χ0v) is 16.5. The van der Waals surface area contributed by atoms with E-state index in [4.69, 9.17) is 10.7 Å². The molecule has 3 aromatic rings. The number of Topliss-reactive ketones (excluding diaryl/α,β-unsaturated/α-hetero) is 1. The highest BCUT2D eigenvalue weighted by molar-refractivity contribution is 5.85. The minimum absolute atomic E-state index is 0.00441. The van der Waals surface area contributed by atoms with Crippen molar-refractivity contribution in [2.45, 2.75) is 32.2 Å². The van der Waals surface area contributed by atoms with Gasteiger partial charge >= 0.3 is 0 Å². The van der Waals surface area contributed by atoms with Crippen molar-refractivity contribution in [1.29, 1.82) is 0 Å². The van der Waals surface area contributed by atoms with Crippen molar-refractivity contribution in [3.63, 3.8) is 0 Å². The Kier molecular flexibility index (Phi) is 4.82. The third kappa shape index (κ3) is 3.27. The van der Waals surface area contributed by atoms with Gasteiger partial charge < -0.3 is 10.3 Å². The highest BCUT2D eigenvalue weighted by atomic mass is 19.1. The number of hydrogen-bond acceptors (Lipinski definition) is 3. The number of carbonyl (C=O) groups is 1. The molecule has 6 heteroatoms. The summed E-state index contributed by atoms with van der Waals surface area (Å²) in [6, 6.07) is 12.4. The van der Waals surface area contributed by atoms with Crippen molar-refractivity contribution < 1.29 is 13.6 Å². The van der Waals surface area contributed by atoms with E-state index in [1.165, 1.54) is 24.3 Å². The van der Waals surface area contributed by atoms with Gasteiger partial charge in [-0.2, -0.15) is 0 Å². The van der Waals surface area contributed by atoms with Crippen LogP contribution < -0.4 is 5.73 Å². The molecule has 2 heterocycles. The number of nitrogens with zero attached hydrogens (tertiary/aromatic N) is 2. The van der Waals surface area contributed by atoms with Crippen LogP contribution >= 0.6 is 0 Å². The zero-order valence-electron chi connectivity index (χ0n) is 16.5. The minimum Gasteiger partial charge on any atom is -0.327 e. The average molecular weight is 395 g/mol. The Morgan fingerprint density at radius 3 is 2.17 bits per heavy atom. The molecule has 0 bridgehead atoms. The van der Waals surface area contributed by atoms with Gasteiger partial charge in [-0.3, -0.25) is 4.79 Å². The molecule has 1 aliphatic heterocycles. The first kappa shape index (κ1) is 19.5. The number of benzene rings is 2. The summed E-state index contributed by atoms with van der Waals surface area (Å²) in [7, 11) is 0. The Morgan fingerprint density at radius 1 is 1.07 bits per heavy atom. The molecule has 0 fully saturated rings. The average Bonchev–Trinajstić information content (AvgIpc) is 3.09. The van der Waals surface area contributed by atoms with Gasteiger partial charge in [-0.15, -0.1) is 0 Å². The summed E-state index contributed by atoms with van der Waals surface area (Å²) in [6.07, 6.45) is 0.656. The second-order valence-corrected chi connectivity index (χ2v) is 8.03. The standard InChI is InChI=1S/C23H23F2N3O/c1-23(2)18(19(29)13-26)11-12-28-21(15-5-9-17(25)10-6-15)20(27-22(23)28)14-3-7-16(24)8-4-14/h3-10,18H,11-13,26H2,1-2H3. The maximum absolute atomic E-state index is 13.5. The van der Waals surface area contributed by atoms with Gasteiger partial charge in [0.1, 0.15) is 17.5 Å². The molecule has 2 aromatic carbocycles. The summed E-state index contributed by atoms with van der Waals surface area (Å²) in [5.74, 6) is -0.0472. The number of hydrogen-bond donors (Lipinski definition) is 1. The van der Waals surface area contributed by atoms with Gasteiger partial charge in [0, 0.05) is 29.0 Å². The Balaban J connectivity index is 1.95. The van der Waals surface area contributed by atoms with E-state index in [1.807, 2.05) is 13.8 Å². The molecule has 0 radical (unpaired) electrons. The van der Waals surface area contributed by atoms with E-state index >= 15 is 0 Å². The van der Waals surface area contributed by atoms with E-state index in [1.54, 1.807) is 24.3 Å². The molecule has 4 nitrogen and oxygen atoms in total. The van der Waals surface area contributed by atoms with Gasteiger partial charge in [-0.1, -0.05) is 13.8 Å². The molecule has 1 unspecified atom stereocenters. The molecule has 0 saturated carbocycles. The number of aromatic nitrogens is 2. The number of nitrogens with two attached hydrogens (primary N) is 1. The Morgan fingerprint density at radius 2 is 1.62 bits per heavy atom. The molecule has 0 amide bonds. The minimum atomic E-state index is -0.512. The first-order chi connectivity index (χ1) is 13.8. The maximum atomic E-state index is 13.5. The SMILES string of the molecule is CC1(C)c2nc(-c3ccc(F)cc3)c(-c3ccc(F)cc3)n2CCC1C(=O)CN. The lowest BCUT2D eigenvalue weighted by molar-refractivity contribution is -0.124. The Labute approximate surface area is 168 Å². The van der Waals surface area contributed by atoms with Crippen LogP contribution in [0.15, 0.2) is 48.5 Å². The van der Waals surface area contributed by atoms with Gasteiger partial charge in [-0.05, 0) is 55.0 Å². The molecular formula is C23H23F2N3O. The fourth-order valence-electron chi connectivity index (χ4n) is 4.35. The fourth-order valence-corrected chi connectivity index (χ4v) is 4.35. The zero-order chi connectivity index (χ0) is 20.8. The summed E-state index contributed by atoms with van der Waals surface area (Å²) in [4.78, 5) is 17.4. The molecule has 1 atom stereocenters. The Bertz CT molecular complexity index is 1050. The van der Waals surface area contributed by atoms with Gasteiger partial charge in [0.2, 0.25) is 0 Å². The van der Waals surface area contributed by atoms with Crippen LogP contribution in [0.4, 0.5) is 8.78 Å². The monoisotopic (exact) mass is 395 g/mol. The Hall–Kier alpha value is -2.86. The smallest absolute Gasteiger partial charge is 0.150 e. The predicted octanol–water partition coefficient (Wildman–Crippen LogP) is 4.32. The van der Waals surface area contributed by atoms with Crippen LogP contribution in [0.1, 0.15) is 26.1 Å². The van der Waals surface area contributed by atoms with Crippen LogP contribution in [0.2, 0.25) is 0 Å². The second-order valence-electron chi connectivity index (χ2n) is 8.03. The number of imidazole rings is 1. The van der Waals surface area contributed by atoms with E-state index in [0.717, 1.165) is 22.6 Å². The van der Waals surface area contributed by atoms with Crippen LogP contribution in [0.3, 0.4) is 0 Å². The van der Waals surface area contributed by atoms with Crippen LogP contribution in [-0.4, -0.2) is 21.9 Å². The lowest BCUT2D eigenvalue weighted by atomic mass is 9.72. The topological polar surface area (TPSA) is 60.9 Å². The summed E-state index contributed by atoms with van der Waals surface area (Å²) in [5.41, 5.74) is 8.26. The van der Waals surface area contributed by atoms with Crippen LogP contribution in [0.25, 0.3) is 22.5 Å². The van der Waals surface area contributed by atoms with Crippen molar-refractivity contribution in [1.82, 2.24) is 9.55 Å². The first-order valence-corrected chi connectivity index (χ1v) is 9.68. The summed E-state index contributed by atoms with van der Waals surface area (Å²) >= 11 is 0. The van der Waals surface area contributed by atoms with Gasteiger partial charge in [0.15, 0.2) is 5.78 Å². The van der Waals surface area contributed by atoms with Crippen molar-refractivity contribution in [3.8, 4) is 22.5 Å².